The fraction of sp³-hybridized carbons (Fsp3) is 0.421. The summed E-state index contributed by atoms with van der Waals surface area (Å²) in [5.41, 5.74) is 2.58. The topological polar surface area (TPSA) is 81.4 Å². The van der Waals surface area contributed by atoms with Gasteiger partial charge in [-0.25, -0.2) is 4.79 Å². The molecule has 0 aliphatic heterocycles. The molecule has 0 saturated heterocycles. The van der Waals surface area contributed by atoms with Gasteiger partial charge in [0, 0.05) is 6.07 Å². The zero-order valence-electron chi connectivity index (χ0n) is 15.3. The quantitative estimate of drug-likeness (QED) is 0.800. The number of rotatable bonds is 6. The molecule has 0 spiro atoms. The van der Waals surface area contributed by atoms with Gasteiger partial charge in [0.15, 0.2) is 12.4 Å². The summed E-state index contributed by atoms with van der Waals surface area (Å²) in [6.07, 6.45) is 0. The molecule has 1 amide bonds. The van der Waals surface area contributed by atoms with E-state index in [-0.39, 0.29) is 12.5 Å². The highest BCUT2D eigenvalue weighted by Crippen LogP contribution is 2.25. The summed E-state index contributed by atoms with van der Waals surface area (Å²) in [5.74, 6) is 0.450. The van der Waals surface area contributed by atoms with Crippen LogP contribution in [0.4, 0.5) is 5.82 Å². The number of aryl methyl sites for hydroxylation is 1. The predicted octanol–water partition coefficient (Wildman–Crippen LogP) is 4.03. The molecule has 0 saturated carbocycles. The lowest BCUT2D eigenvalue weighted by Crippen LogP contribution is -2.21. The van der Waals surface area contributed by atoms with E-state index in [9.17, 15) is 9.59 Å². The second-order valence-corrected chi connectivity index (χ2v) is 6.60. The van der Waals surface area contributed by atoms with Crippen LogP contribution < -0.4 is 5.32 Å². The number of esters is 1. The summed E-state index contributed by atoms with van der Waals surface area (Å²) in [7, 11) is 0. The van der Waals surface area contributed by atoms with Crippen molar-refractivity contribution in [3.05, 3.63) is 46.7 Å². The largest absolute Gasteiger partial charge is 0.452 e. The molecule has 1 aromatic heterocycles. The number of anilines is 1. The van der Waals surface area contributed by atoms with Gasteiger partial charge in [-0.15, -0.1) is 0 Å². The molecule has 2 aromatic rings. The SMILES string of the molecule is Cc1cc(NC(=O)COC(=O)c2ccc(C(C)C)cc2C(C)C)no1. The number of amides is 1. The van der Waals surface area contributed by atoms with Crippen molar-refractivity contribution in [1.29, 1.82) is 0 Å². The number of hydrogen-bond acceptors (Lipinski definition) is 5. The smallest absolute Gasteiger partial charge is 0.338 e. The molecule has 0 aliphatic carbocycles. The molecule has 134 valence electrons. The highest BCUT2D eigenvalue weighted by molar-refractivity contribution is 5.95. The maximum atomic E-state index is 12.4. The summed E-state index contributed by atoms with van der Waals surface area (Å²) in [4.78, 5) is 24.2. The molecule has 1 N–H and O–H groups in total. The van der Waals surface area contributed by atoms with Crippen molar-refractivity contribution in [1.82, 2.24) is 5.16 Å². The summed E-state index contributed by atoms with van der Waals surface area (Å²) in [6.45, 7) is 9.59. The van der Waals surface area contributed by atoms with Crippen LogP contribution in [0.3, 0.4) is 0 Å². The van der Waals surface area contributed by atoms with E-state index in [0.29, 0.717) is 23.1 Å². The van der Waals surface area contributed by atoms with Crippen molar-refractivity contribution in [2.24, 2.45) is 0 Å². The third kappa shape index (κ3) is 4.92. The summed E-state index contributed by atoms with van der Waals surface area (Å²) in [6, 6.07) is 7.31. The first-order valence-corrected chi connectivity index (χ1v) is 8.32. The number of carbonyl (C=O) groups is 2. The van der Waals surface area contributed by atoms with Gasteiger partial charge in [-0.1, -0.05) is 45.0 Å². The molecule has 0 radical (unpaired) electrons. The van der Waals surface area contributed by atoms with Gasteiger partial charge < -0.3 is 14.6 Å². The van der Waals surface area contributed by atoms with Crippen molar-refractivity contribution in [2.75, 3.05) is 11.9 Å². The third-order valence-corrected chi connectivity index (χ3v) is 3.81. The fourth-order valence-corrected chi connectivity index (χ4v) is 2.42. The minimum absolute atomic E-state index is 0.174. The first kappa shape index (κ1) is 18.7. The van der Waals surface area contributed by atoms with Gasteiger partial charge in [0.2, 0.25) is 0 Å². The maximum Gasteiger partial charge on any atom is 0.338 e. The first-order valence-electron chi connectivity index (χ1n) is 8.32. The van der Waals surface area contributed by atoms with Crippen LogP contribution in [0, 0.1) is 6.92 Å². The molecule has 0 fully saturated rings. The fourth-order valence-electron chi connectivity index (χ4n) is 2.42. The zero-order chi connectivity index (χ0) is 18.6. The Morgan fingerprint density at radius 3 is 2.44 bits per heavy atom. The van der Waals surface area contributed by atoms with E-state index in [2.05, 4.69) is 24.3 Å². The van der Waals surface area contributed by atoms with E-state index in [0.717, 1.165) is 5.56 Å². The number of ether oxygens (including phenoxy) is 1. The van der Waals surface area contributed by atoms with E-state index in [1.54, 1.807) is 19.1 Å². The summed E-state index contributed by atoms with van der Waals surface area (Å²) < 4.78 is 10.0. The Morgan fingerprint density at radius 2 is 1.88 bits per heavy atom. The number of nitrogens with zero attached hydrogens (tertiary/aromatic N) is 1. The average molecular weight is 344 g/mol. The second kappa shape index (κ2) is 7.96. The standard InChI is InChI=1S/C19H24N2O4/c1-11(2)14-6-7-15(16(9-14)12(3)4)19(23)24-10-18(22)20-17-8-13(5)25-21-17/h6-9,11-12H,10H2,1-5H3,(H,20,21,22). The van der Waals surface area contributed by atoms with Crippen LogP contribution in [0.2, 0.25) is 0 Å². The monoisotopic (exact) mass is 344 g/mol. The molecule has 25 heavy (non-hydrogen) atoms. The molecule has 1 heterocycles. The Bertz CT molecular complexity index is 763. The van der Waals surface area contributed by atoms with Crippen molar-refractivity contribution < 1.29 is 18.8 Å². The molecule has 0 bridgehead atoms. The number of aromatic nitrogens is 1. The van der Waals surface area contributed by atoms with Gasteiger partial charge in [0.1, 0.15) is 5.76 Å². The van der Waals surface area contributed by atoms with Crippen LogP contribution in [0.5, 0.6) is 0 Å². The van der Waals surface area contributed by atoms with Gasteiger partial charge in [-0.3, -0.25) is 4.79 Å². The molecule has 6 heteroatoms. The average Bonchev–Trinajstić information content (AvgIpc) is 2.96. The Kier molecular flexibility index (Phi) is 5.96. The van der Waals surface area contributed by atoms with Gasteiger partial charge in [0.25, 0.3) is 5.91 Å². The highest BCUT2D eigenvalue weighted by Gasteiger charge is 2.18. The van der Waals surface area contributed by atoms with Crippen LogP contribution in [0.1, 0.15) is 66.8 Å². The van der Waals surface area contributed by atoms with E-state index >= 15 is 0 Å². The van der Waals surface area contributed by atoms with E-state index < -0.39 is 11.9 Å². The lowest BCUT2D eigenvalue weighted by molar-refractivity contribution is -0.119. The second-order valence-electron chi connectivity index (χ2n) is 6.60. The van der Waals surface area contributed by atoms with Gasteiger partial charge >= 0.3 is 5.97 Å². The van der Waals surface area contributed by atoms with Crippen molar-refractivity contribution in [3.8, 4) is 0 Å². The Morgan fingerprint density at radius 1 is 1.16 bits per heavy atom. The summed E-state index contributed by atoms with van der Waals surface area (Å²) in [5, 5.41) is 6.17. The van der Waals surface area contributed by atoms with Gasteiger partial charge in [-0.05, 0) is 36.0 Å². The molecule has 0 atom stereocenters. The lowest BCUT2D eigenvalue weighted by atomic mass is 9.91. The first-order chi connectivity index (χ1) is 11.8. The number of nitrogens with one attached hydrogen (secondary N) is 1. The molecule has 6 nitrogen and oxygen atoms in total. The minimum atomic E-state index is -0.509. The maximum absolute atomic E-state index is 12.4. The van der Waals surface area contributed by atoms with Crippen LogP contribution >= 0.6 is 0 Å². The Hall–Kier alpha value is -2.63. The van der Waals surface area contributed by atoms with E-state index in [4.69, 9.17) is 9.26 Å². The van der Waals surface area contributed by atoms with Crippen LogP contribution in [0.15, 0.2) is 28.8 Å². The molecular weight excluding hydrogens is 320 g/mol. The molecule has 2 rings (SSSR count). The molecule has 0 aliphatic rings. The zero-order valence-corrected chi connectivity index (χ0v) is 15.3. The normalized spacial score (nSPS) is 11.0. The van der Waals surface area contributed by atoms with E-state index in [1.807, 2.05) is 26.0 Å². The Balaban J connectivity index is 2.03. The number of carbonyl (C=O) groups excluding carboxylic acids is 2. The minimum Gasteiger partial charge on any atom is -0.452 e. The third-order valence-electron chi connectivity index (χ3n) is 3.81. The molecule has 0 unspecified atom stereocenters. The van der Waals surface area contributed by atoms with Crippen LogP contribution in [0.25, 0.3) is 0 Å². The molecular formula is C19H24N2O4. The van der Waals surface area contributed by atoms with Crippen molar-refractivity contribution in [3.63, 3.8) is 0 Å². The van der Waals surface area contributed by atoms with Gasteiger partial charge in [-0.2, -0.15) is 0 Å². The summed E-state index contributed by atoms with van der Waals surface area (Å²) >= 11 is 0. The molecule has 1 aromatic carbocycles. The van der Waals surface area contributed by atoms with Crippen molar-refractivity contribution >= 4 is 17.7 Å². The lowest BCUT2D eigenvalue weighted by Gasteiger charge is -2.15. The van der Waals surface area contributed by atoms with Crippen molar-refractivity contribution in [2.45, 2.75) is 46.5 Å². The van der Waals surface area contributed by atoms with Gasteiger partial charge in [0.05, 0.1) is 5.56 Å². The number of benzene rings is 1. The highest BCUT2D eigenvalue weighted by atomic mass is 16.5. The van der Waals surface area contributed by atoms with Crippen LogP contribution in [-0.2, 0) is 9.53 Å². The Labute approximate surface area is 147 Å². The number of hydrogen-bond donors (Lipinski definition) is 1. The van der Waals surface area contributed by atoms with Crippen LogP contribution in [-0.4, -0.2) is 23.6 Å². The van der Waals surface area contributed by atoms with E-state index in [1.165, 1.54) is 5.56 Å². The predicted molar refractivity (Wildman–Crippen MR) is 94.8 cm³/mol.